The van der Waals surface area contributed by atoms with Crippen molar-refractivity contribution in [3.63, 3.8) is 0 Å². The molecule has 1 aliphatic rings. The van der Waals surface area contributed by atoms with E-state index >= 15 is 0 Å². The predicted molar refractivity (Wildman–Crippen MR) is 90.0 cm³/mol. The van der Waals surface area contributed by atoms with Gasteiger partial charge in [-0.1, -0.05) is 25.5 Å². The maximum Gasteiger partial charge on any atom is 0.168 e. The molecule has 24 heavy (non-hydrogen) atoms. The standard InChI is InChI=1S/C17H25FN6/c1-3-4-16(23-11-9-22(2)10-12-23)17-19-20-21-24(17)13-14-5-7-15(18)8-6-14/h5-8,16H,3-4,9-13H2,1-2H3/t16-/m1/s1. The third-order valence-electron chi connectivity index (χ3n) is 4.64. The molecule has 1 fully saturated rings. The predicted octanol–water partition coefficient (Wildman–Crippen LogP) is 1.95. The van der Waals surface area contributed by atoms with E-state index in [-0.39, 0.29) is 11.9 Å². The van der Waals surface area contributed by atoms with Crippen LogP contribution in [0.5, 0.6) is 0 Å². The van der Waals surface area contributed by atoms with Gasteiger partial charge in [0, 0.05) is 26.2 Å². The average Bonchev–Trinajstić information content (AvgIpc) is 3.03. The quantitative estimate of drug-likeness (QED) is 0.809. The normalized spacial score (nSPS) is 18.0. The fourth-order valence-corrected chi connectivity index (χ4v) is 3.21. The molecule has 0 aliphatic carbocycles. The van der Waals surface area contributed by atoms with E-state index < -0.39 is 0 Å². The van der Waals surface area contributed by atoms with Crippen LogP contribution in [0.1, 0.15) is 37.2 Å². The Morgan fingerprint density at radius 2 is 1.83 bits per heavy atom. The van der Waals surface area contributed by atoms with Crippen LogP contribution in [-0.2, 0) is 6.54 Å². The summed E-state index contributed by atoms with van der Waals surface area (Å²) in [4.78, 5) is 4.83. The van der Waals surface area contributed by atoms with E-state index in [1.165, 1.54) is 12.1 Å². The van der Waals surface area contributed by atoms with Gasteiger partial charge in [0.2, 0.25) is 0 Å². The summed E-state index contributed by atoms with van der Waals surface area (Å²) in [5.41, 5.74) is 0.999. The minimum absolute atomic E-state index is 0.225. The first kappa shape index (κ1) is 17.0. The number of piperazine rings is 1. The van der Waals surface area contributed by atoms with Gasteiger partial charge in [-0.15, -0.1) is 5.10 Å². The third-order valence-corrected chi connectivity index (χ3v) is 4.64. The Hall–Kier alpha value is -1.86. The first-order chi connectivity index (χ1) is 11.7. The Bertz CT molecular complexity index is 633. The molecule has 7 heteroatoms. The highest BCUT2D eigenvalue weighted by molar-refractivity contribution is 5.16. The van der Waals surface area contributed by atoms with Crippen LogP contribution in [0.3, 0.4) is 0 Å². The number of rotatable bonds is 6. The van der Waals surface area contributed by atoms with Crippen molar-refractivity contribution in [2.24, 2.45) is 0 Å². The number of likely N-dealkylation sites (N-methyl/N-ethyl adjacent to an activating group) is 1. The van der Waals surface area contributed by atoms with Crippen LogP contribution in [0.2, 0.25) is 0 Å². The van der Waals surface area contributed by atoms with Crippen molar-refractivity contribution in [2.75, 3.05) is 33.2 Å². The molecule has 1 aromatic carbocycles. The van der Waals surface area contributed by atoms with Crippen molar-refractivity contribution in [1.82, 2.24) is 30.0 Å². The molecule has 2 heterocycles. The van der Waals surface area contributed by atoms with Crippen LogP contribution >= 0.6 is 0 Å². The van der Waals surface area contributed by atoms with Crippen LogP contribution in [0.4, 0.5) is 4.39 Å². The number of aromatic nitrogens is 4. The Balaban J connectivity index is 1.78. The van der Waals surface area contributed by atoms with Crippen molar-refractivity contribution in [3.8, 4) is 0 Å². The molecule has 0 spiro atoms. The van der Waals surface area contributed by atoms with Gasteiger partial charge in [0.1, 0.15) is 5.82 Å². The molecule has 0 radical (unpaired) electrons. The number of benzene rings is 1. The molecular weight excluding hydrogens is 307 g/mol. The molecule has 0 amide bonds. The van der Waals surface area contributed by atoms with E-state index in [0.717, 1.165) is 50.4 Å². The SMILES string of the molecule is CCC[C@H](c1nnnn1Cc1ccc(F)cc1)N1CCN(C)CC1. The highest BCUT2D eigenvalue weighted by Gasteiger charge is 2.27. The molecule has 6 nitrogen and oxygen atoms in total. The van der Waals surface area contributed by atoms with E-state index in [9.17, 15) is 4.39 Å². The summed E-state index contributed by atoms with van der Waals surface area (Å²) in [6.45, 7) is 6.96. The summed E-state index contributed by atoms with van der Waals surface area (Å²) in [5, 5.41) is 12.4. The lowest BCUT2D eigenvalue weighted by atomic mass is 10.1. The van der Waals surface area contributed by atoms with Gasteiger partial charge in [0.05, 0.1) is 12.6 Å². The minimum atomic E-state index is -0.225. The third kappa shape index (κ3) is 3.96. The second-order valence-corrected chi connectivity index (χ2v) is 6.46. The summed E-state index contributed by atoms with van der Waals surface area (Å²) >= 11 is 0. The minimum Gasteiger partial charge on any atom is -0.304 e. The van der Waals surface area contributed by atoms with Gasteiger partial charge >= 0.3 is 0 Å². The van der Waals surface area contributed by atoms with E-state index in [2.05, 4.69) is 39.3 Å². The number of halogens is 1. The lowest BCUT2D eigenvalue weighted by Gasteiger charge is -2.37. The molecule has 3 rings (SSSR count). The molecule has 0 N–H and O–H groups in total. The van der Waals surface area contributed by atoms with Crippen molar-refractivity contribution in [1.29, 1.82) is 0 Å². The largest absolute Gasteiger partial charge is 0.304 e. The summed E-state index contributed by atoms with van der Waals surface area (Å²) in [5.74, 6) is 0.683. The van der Waals surface area contributed by atoms with E-state index in [1.807, 2.05) is 4.68 Å². The molecule has 1 saturated heterocycles. The van der Waals surface area contributed by atoms with Crippen molar-refractivity contribution in [2.45, 2.75) is 32.4 Å². The number of hydrogen-bond donors (Lipinski definition) is 0. The summed E-state index contributed by atoms with van der Waals surface area (Å²) in [7, 11) is 2.16. The Kier molecular flexibility index (Phi) is 5.52. The Labute approximate surface area is 142 Å². The molecule has 0 bridgehead atoms. The van der Waals surface area contributed by atoms with Gasteiger partial charge in [-0.2, -0.15) is 0 Å². The van der Waals surface area contributed by atoms with Crippen LogP contribution in [0, 0.1) is 5.82 Å². The van der Waals surface area contributed by atoms with E-state index in [0.29, 0.717) is 6.54 Å². The smallest absolute Gasteiger partial charge is 0.168 e. The second-order valence-electron chi connectivity index (χ2n) is 6.46. The van der Waals surface area contributed by atoms with Gasteiger partial charge in [-0.3, -0.25) is 4.90 Å². The van der Waals surface area contributed by atoms with E-state index in [4.69, 9.17) is 0 Å². The van der Waals surface area contributed by atoms with Crippen LogP contribution in [0.25, 0.3) is 0 Å². The average molecular weight is 332 g/mol. The molecule has 1 aliphatic heterocycles. The summed E-state index contributed by atoms with van der Waals surface area (Å²) < 4.78 is 14.9. The Morgan fingerprint density at radius 1 is 1.12 bits per heavy atom. The fraction of sp³-hybridized carbons (Fsp3) is 0.588. The molecular formula is C17H25FN6. The monoisotopic (exact) mass is 332 g/mol. The number of tetrazole rings is 1. The number of hydrogen-bond acceptors (Lipinski definition) is 5. The van der Waals surface area contributed by atoms with Crippen LogP contribution in [-0.4, -0.2) is 63.2 Å². The van der Waals surface area contributed by atoms with Crippen LogP contribution in [0.15, 0.2) is 24.3 Å². The molecule has 0 unspecified atom stereocenters. The van der Waals surface area contributed by atoms with Gasteiger partial charge < -0.3 is 4.90 Å². The molecule has 1 atom stereocenters. The fourth-order valence-electron chi connectivity index (χ4n) is 3.21. The zero-order valence-corrected chi connectivity index (χ0v) is 14.4. The van der Waals surface area contributed by atoms with Crippen molar-refractivity contribution in [3.05, 3.63) is 41.5 Å². The molecule has 2 aromatic rings. The summed E-state index contributed by atoms with van der Waals surface area (Å²) in [6.07, 6.45) is 2.12. The maximum absolute atomic E-state index is 13.1. The highest BCUT2D eigenvalue weighted by Crippen LogP contribution is 2.25. The first-order valence-electron chi connectivity index (χ1n) is 8.60. The van der Waals surface area contributed by atoms with Gasteiger partial charge in [-0.05, 0) is 41.6 Å². The van der Waals surface area contributed by atoms with Crippen molar-refractivity contribution >= 4 is 0 Å². The highest BCUT2D eigenvalue weighted by atomic mass is 19.1. The zero-order valence-electron chi connectivity index (χ0n) is 14.4. The molecule has 130 valence electrons. The maximum atomic E-state index is 13.1. The van der Waals surface area contributed by atoms with Gasteiger partial charge in [-0.25, -0.2) is 9.07 Å². The van der Waals surface area contributed by atoms with Gasteiger partial charge in [0.15, 0.2) is 5.82 Å². The van der Waals surface area contributed by atoms with Crippen molar-refractivity contribution < 1.29 is 4.39 Å². The zero-order chi connectivity index (χ0) is 16.9. The summed E-state index contributed by atoms with van der Waals surface area (Å²) in [6, 6.07) is 6.75. The van der Waals surface area contributed by atoms with E-state index in [1.54, 1.807) is 12.1 Å². The molecule has 0 saturated carbocycles. The topological polar surface area (TPSA) is 50.1 Å². The lowest BCUT2D eigenvalue weighted by Crippen LogP contribution is -2.46. The van der Waals surface area contributed by atoms with Gasteiger partial charge in [0.25, 0.3) is 0 Å². The first-order valence-corrected chi connectivity index (χ1v) is 8.60. The number of nitrogens with zero attached hydrogens (tertiary/aromatic N) is 6. The van der Waals surface area contributed by atoms with Crippen LogP contribution < -0.4 is 0 Å². The molecule has 1 aromatic heterocycles. The second kappa shape index (κ2) is 7.81. The lowest BCUT2D eigenvalue weighted by molar-refractivity contribution is 0.0996. The Morgan fingerprint density at radius 3 is 2.50 bits per heavy atom.